The predicted octanol–water partition coefficient (Wildman–Crippen LogP) is 3.00. The van der Waals surface area contributed by atoms with Crippen molar-refractivity contribution < 1.29 is 0 Å². The summed E-state index contributed by atoms with van der Waals surface area (Å²) in [6.07, 6.45) is 1.76. The van der Waals surface area contributed by atoms with Crippen LogP contribution in [0, 0.1) is 11.3 Å². The normalized spacial score (nSPS) is 16.4. The molecule has 0 saturated carbocycles. The van der Waals surface area contributed by atoms with Gasteiger partial charge in [-0.15, -0.1) is 21.6 Å². The van der Waals surface area contributed by atoms with E-state index in [0.29, 0.717) is 14.9 Å². The second-order valence-corrected chi connectivity index (χ2v) is 6.87. The van der Waals surface area contributed by atoms with Gasteiger partial charge in [0.05, 0.1) is 10.2 Å². The topological polar surface area (TPSA) is 81.4 Å². The number of nitrogens with zero attached hydrogens (tertiary/aromatic N) is 3. The van der Waals surface area contributed by atoms with Crippen LogP contribution in [0.25, 0.3) is 11.3 Å². The van der Waals surface area contributed by atoms with Gasteiger partial charge in [-0.2, -0.15) is 5.26 Å². The second-order valence-electron chi connectivity index (χ2n) is 5.85. The van der Waals surface area contributed by atoms with Gasteiger partial charge in [-0.3, -0.25) is 4.79 Å². The Morgan fingerprint density at radius 1 is 1.08 bits per heavy atom. The van der Waals surface area contributed by atoms with E-state index in [1.807, 2.05) is 42.5 Å². The standard InChI is InChI=1S/C20H14N4OS/c21-12-17(24-23-14-7-2-1-3-8-14)20-22-19(25)18(26-20)16-11-10-13-6-4-5-9-15(13)16/h1-9H,10-11H2,(H,22,25)/b18-16+,20-17-,24-23?. The number of rotatable bonds is 2. The fourth-order valence-corrected chi connectivity index (χ4v) is 4.03. The highest BCUT2D eigenvalue weighted by Gasteiger charge is 2.18. The SMILES string of the molecule is N#C/C(N=Nc1ccccc1)=c1\[nH]c(=O)/c(=C2/CCc3ccccc32)s1. The number of H-pyrrole nitrogens is 1. The number of hydrogen-bond donors (Lipinski definition) is 1. The van der Waals surface area contributed by atoms with Gasteiger partial charge in [0.2, 0.25) is 0 Å². The van der Waals surface area contributed by atoms with Crippen molar-refractivity contribution in [2.45, 2.75) is 12.8 Å². The van der Waals surface area contributed by atoms with Gasteiger partial charge in [-0.25, -0.2) is 0 Å². The third-order valence-electron chi connectivity index (χ3n) is 4.24. The van der Waals surface area contributed by atoms with Crippen molar-refractivity contribution in [3.8, 4) is 6.07 Å². The average molecular weight is 358 g/mol. The summed E-state index contributed by atoms with van der Waals surface area (Å²) < 4.78 is 1.08. The Morgan fingerprint density at radius 2 is 1.85 bits per heavy atom. The molecule has 0 saturated heterocycles. The van der Waals surface area contributed by atoms with Gasteiger partial charge < -0.3 is 4.98 Å². The van der Waals surface area contributed by atoms with Gasteiger partial charge in [0.25, 0.3) is 5.56 Å². The van der Waals surface area contributed by atoms with E-state index < -0.39 is 0 Å². The molecule has 2 aromatic carbocycles. The quantitative estimate of drug-likeness (QED) is 0.715. The molecule has 1 aliphatic rings. The Balaban J connectivity index is 1.85. The molecule has 0 fully saturated rings. The summed E-state index contributed by atoms with van der Waals surface area (Å²) in [5, 5.41) is 17.5. The largest absolute Gasteiger partial charge is 0.310 e. The summed E-state index contributed by atoms with van der Waals surface area (Å²) in [7, 11) is 0. The summed E-state index contributed by atoms with van der Waals surface area (Å²) in [5.41, 5.74) is 3.99. The highest BCUT2D eigenvalue weighted by Crippen LogP contribution is 2.29. The first-order chi connectivity index (χ1) is 12.8. The molecular weight excluding hydrogens is 344 g/mol. The van der Waals surface area contributed by atoms with Crippen LogP contribution in [-0.2, 0) is 6.42 Å². The predicted molar refractivity (Wildman–Crippen MR) is 101 cm³/mol. The molecule has 26 heavy (non-hydrogen) atoms. The summed E-state index contributed by atoms with van der Waals surface area (Å²) in [6.45, 7) is 0. The molecule has 1 aromatic heterocycles. The number of aryl methyl sites for hydroxylation is 1. The Morgan fingerprint density at radius 3 is 2.65 bits per heavy atom. The van der Waals surface area contributed by atoms with Crippen LogP contribution in [0.3, 0.4) is 0 Å². The monoisotopic (exact) mass is 358 g/mol. The van der Waals surface area contributed by atoms with E-state index in [1.165, 1.54) is 16.9 Å². The minimum atomic E-state index is -0.181. The summed E-state index contributed by atoms with van der Waals surface area (Å²) >= 11 is 1.27. The van der Waals surface area contributed by atoms with E-state index in [9.17, 15) is 10.1 Å². The van der Waals surface area contributed by atoms with Crippen molar-refractivity contribution in [2.24, 2.45) is 10.2 Å². The molecule has 1 N–H and O–H groups in total. The van der Waals surface area contributed by atoms with Gasteiger partial charge >= 0.3 is 0 Å². The molecule has 0 unspecified atom stereocenters. The molecule has 6 heteroatoms. The minimum Gasteiger partial charge on any atom is -0.310 e. The molecule has 0 bridgehead atoms. The zero-order chi connectivity index (χ0) is 17.9. The maximum Gasteiger partial charge on any atom is 0.266 e. The van der Waals surface area contributed by atoms with Crippen LogP contribution >= 0.6 is 11.3 Å². The van der Waals surface area contributed by atoms with Crippen LogP contribution in [-0.4, -0.2) is 4.98 Å². The van der Waals surface area contributed by atoms with Crippen LogP contribution in [0.4, 0.5) is 5.69 Å². The van der Waals surface area contributed by atoms with Crippen molar-refractivity contribution in [3.63, 3.8) is 0 Å². The fraction of sp³-hybridized carbons (Fsp3) is 0.100. The number of thiazole rings is 1. The zero-order valence-corrected chi connectivity index (χ0v) is 14.6. The number of fused-ring (bicyclic) bond motifs is 1. The molecule has 126 valence electrons. The molecule has 0 atom stereocenters. The minimum absolute atomic E-state index is 0.106. The molecule has 1 aliphatic carbocycles. The number of aromatic nitrogens is 1. The third-order valence-corrected chi connectivity index (χ3v) is 5.38. The maximum absolute atomic E-state index is 12.5. The maximum atomic E-state index is 12.5. The number of benzene rings is 2. The fourth-order valence-electron chi connectivity index (χ4n) is 3.02. The lowest BCUT2D eigenvalue weighted by Gasteiger charge is -1.97. The van der Waals surface area contributed by atoms with E-state index in [2.05, 4.69) is 21.3 Å². The van der Waals surface area contributed by atoms with Crippen molar-refractivity contribution in [2.75, 3.05) is 0 Å². The van der Waals surface area contributed by atoms with Gasteiger partial charge in [0.15, 0.2) is 5.70 Å². The first kappa shape index (κ1) is 16.2. The van der Waals surface area contributed by atoms with Crippen LogP contribution in [0.5, 0.6) is 0 Å². The molecule has 0 aliphatic heterocycles. The van der Waals surface area contributed by atoms with E-state index in [1.54, 1.807) is 12.1 Å². The van der Waals surface area contributed by atoms with Crippen molar-refractivity contribution in [1.29, 1.82) is 5.26 Å². The van der Waals surface area contributed by atoms with E-state index in [-0.39, 0.29) is 11.3 Å². The Labute approximate surface area is 153 Å². The van der Waals surface area contributed by atoms with Crippen LogP contribution < -0.4 is 14.8 Å². The number of azo groups is 1. The van der Waals surface area contributed by atoms with E-state index >= 15 is 0 Å². The van der Waals surface area contributed by atoms with Gasteiger partial charge in [-0.05, 0) is 41.7 Å². The molecule has 3 aromatic rings. The van der Waals surface area contributed by atoms with Crippen molar-refractivity contribution in [1.82, 2.24) is 4.98 Å². The summed E-state index contributed by atoms with van der Waals surface area (Å²) in [5.74, 6) is 0. The lowest BCUT2D eigenvalue weighted by atomic mass is 10.1. The summed E-state index contributed by atoms with van der Waals surface area (Å²) in [6, 6.07) is 19.3. The van der Waals surface area contributed by atoms with Gasteiger partial charge in [-0.1, -0.05) is 42.5 Å². The first-order valence-corrected chi connectivity index (χ1v) is 8.99. The molecule has 0 amide bonds. The molecule has 0 spiro atoms. The highest BCUT2D eigenvalue weighted by atomic mass is 32.1. The lowest BCUT2D eigenvalue weighted by Crippen LogP contribution is -2.22. The highest BCUT2D eigenvalue weighted by molar-refractivity contribution is 7.07. The van der Waals surface area contributed by atoms with E-state index in [0.717, 1.165) is 24.0 Å². The van der Waals surface area contributed by atoms with Crippen LogP contribution in [0.2, 0.25) is 0 Å². The smallest absolute Gasteiger partial charge is 0.266 e. The third kappa shape index (κ3) is 3.01. The number of nitrogens with one attached hydrogen (secondary N) is 1. The van der Waals surface area contributed by atoms with Gasteiger partial charge in [0, 0.05) is 0 Å². The van der Waals surface area contributed by atoms with Gasteiger partial charge in [0.1, 0.15) is 10.7 Å². The van der Waals surface area contributed by atoms with Crippen LogP contribution in [0.1, 0.15) is 17.5 Å². The Bertz CT molecular complexity index is 1210. The lowest BCUT2D eigenvalue weighted by molar-refractivity contribution is 1.08. The van der Waals surface area contributed by atoms with Crippen molar-refractivity contribution in [3.05, 3.63) is 85.3 Å². The molecule has 5 nitrogen and oxygen atoms in total. The molecule has 4 rings (SSSR count). The van der Waals surface area contributed by atoms with Crippen molar-refractivity contribution >= 4 is 28.3 Å². The average Bonchev–Trinajstić information content (AvgIpc) is 3.26. The zero-order valence-electron chi connectivity index (χ0n) is 13.8. The number of nitriles is 1. The summed E-state index contributed by atoms with van der Waals surface area (Å²) in [4.78, 5) is 15.2. The first-order valence-electron chi connectivity index (χ1n) is 8.18. The molecule has 0 radical (unpaired) electrons. The Hall–Kier alpha value is -3.30. The number of hydrogen-bond acceptors (Lipinski definition) is 5. The van der Waals surface area contributed by atoms with E-state index in [4.69, 9.17) is 0 Å². The second kappa shape index (κ2) is 6.90. The number of aromatic amines is 1. The molecule has 1 heterocycles. The molecular formula is C20H14N4OS. The van der Waals surface area contributed by atoms with Crippen LogP contribution in [0.15, 0.2) is 69.6 Å². The Kier molecular flexibility index (Phi) is 4.30.